The lowest BCUT2D eigenvalue weighted by Gasteiger charge is -2.27. The molecule has 1 heterocycles. The topological polar surface area (TPSA) is 94.0 Å². The number of hydrogen-bond acceptors (Lipinski definition) is 4. The average molecular weight is 354 g/mol. The second-order valence-corrected chi connectivity index (χ2v) is 6.64. The van der Waals surface area contributed by atoms with Crippen molar-refractivity contribution in [2.24, 2.45) is 4.99 Å². The smallest absolute Gasteiger partial charge is 0.229 e. The Hall–Kier alpha value is -1.63. The fraction of sp³-hybridized carbons (Fsp3) is 0.833. The number of imide groups is 1. The number of rotatable bonds is 10. The van der Waals surface area contributed by atoms with Gasteiger partial charge in [-0.15, -0.1) is 0 Å². The van der Waals surface area contributed by atoms with Gasteiger partial charge < -0.3 is 15.7 Å². The fourth-order valence-electron chi connectivity index (χ4n) is 3.12. The summed E-state index contributed by atoms with van der Waals surface area (Å²) in [5.74, 6) is 0.408. The first-order chi connectivity index (χ1) is 12.0. The van der Waals surface area contributed by atoms with Crippen molar-refractivity contribution in [3.8, 4) is 0 Å². The Labute approximate surface area is 151 Å². The van der Waals surface area contributed by atoms with Crippen LogP contribution in [0.2, 0.25) is 0 Å². The van der Waals surface area contributed by atoms with Gasteiger partial charge in [-0.1, -0.05) is 26.7 Å². The van der Waals surface area contributed by atoms with E-state index in [4.69, 9.17) is 0 Å². The Morgan fingerprint density at radius 3 is 2.24 bits per heavy atom. The highest BCUT2D eigenvalue weighted by Gasteiger charge is 2.26. The largest absolute Gasteiger partial charge is 0.388 e. The molecule has 0 aromatic rings. The van der Waals surface area contributed by atoms with Gasteiger partial charge in [0.15, 0.2) is 5.96 Å². The monoisotopic (exact) mass is 354 g/mol. The predicted octanol–water partition coefficient (Wildman–Crippen LogP) is 1.41. The highest BCUT2D eigenvalue weighted by atomic mass is 16.3. The SMILES string of the molecule is CCCC(O)(CCC)CN=C(NCC)NCCN1C(=O)CCCC1=O. The summed E-state index contributed by atoms with van der Waals surface area (Å²) in [6.07, 6.45) is 4.81. The molecular weight excluding hydrogens is 320 g/mol. The van der Waals surface area contributed by atoms with Crippen molar-refractivity contribution in [1.82, 2.24) is 15.5 Å². The Balaban J connectivity index is 2.57. The molecule has 7 nitrogen and oxygen atoms in total. The number of carbonyl (C=O) groups excluding carboxylic acids is 2. The molecule has 0 atom stereocenters. The molecule has 144 valence electrons. The Kier molecular flexibility index (Phi) is 9.49. The lowest BCUT2D eigenvalue weighted by Crippen LogP contribution is -2.47. The standard InChI is InChI=1S/C18H34N4O3/c1-4-10-18(25,11-5-2)14-21-17(19-6-3)20-12-13-22-15(23)8-7-9-16(22)24/h25H,4-14H2,1-3H3,(H2,19,20,21). The molecule has 0 radical (unpaired) electrons. The summed E-state index contributed by atoms with van der Waals surface area (Å²) in [5.41, 5.74) is -0.773. The van der Waals surface area contributed by atoms with Crippen LogP contribution in [-0.2, 0) is 9.59 Å². The van der Waals surface area contributed by atoms with Crippen LogP contribution in [0.4, 0.5) is 0 Å². The van der Waals surface area contributed by atoms with Gasteiger partial charge in [0, 0.05) is 32.5 Å². The van der Waals surface area contributed by atoms with Crippen LogP contribution in [0.5, 0.6) is 0 Å². The van der Waals surface area contributed by atoms with Crippen molar-refractivity contribution >= 4 is 17.8 Å². The molecule has 1 aliphatic heterocycles. The van der Waals surface area contributed by atoms with Crippen molar-refractivity contribution in [3.63, 3.8) is 0 Å². The second-order valence-electron chi connectivity index (χ2n) is 6.64. The van der Waals surface area contributed by atoms with Crippen molar-refractivity contribution in [3.05, 3.63) is 0 Å². The van der Waals surface area contributed by atoms with E-state index < -0.39 is 5.60 Å². The van der Waals surface area contributed by atoms with Gasteiger partial charge in [-0.2, -0.15) is 0 Å². The molecule has 25 heavy (non-hydrogen) atoms. The van der Waals surface area contributed by atoms with Gasteiger partial charge in [0.1, 0.15) is 0 Å². The molecule has 3 N–H and O–H groups in total. The molecule has 0 aromatic carbocycles. The second kappa shape index (κ2) is 11.1. The molecule has 7 heteroatoms. The number of amides is 2. The highest BCUT2D eigenvalue weighted by Crippen LogP contribution is 2.19. The van der Waals surface area contributed by atoms with Crippen LogP contribution in [0, 0.1) is 0 Å². The zero-order chi connectivity index (χ0) is 18.7. The number of likely N-dealkylation sites (tertiary alicyclic amines) is 1. The first-order valence-corrected chi connectivity index (χ1v) is 9.53. The molecule has 0 aromatic heterocycles. The Bertz CT molecular complexity index is 443. The predicted molar refractivity (Wildman–Crippen MR) is 99.3 cm³/mol. The van der Waals surface area contributed by atoms with Gasteiger partial charge in [-0.3, -0.25) is 19.5 Å². The molecule has 1 fully saturated rings. The number of nitrogens with one attached hydrogen (secondary N) is 2. The van der Waals surface area contributed by atoms with E-state index >= 15 is 0 Å². The lowest BCUT2D eigenvalue weighted by atomic mass is 9.93. The molecule has 1 saturated heterocycles. The quantitative estimate of drug-likeness (QED) is 0.313. The molecule has 0 unspecified atom stereocenters. The lowest BCUT2D eigenvalue weighted by molar-refractivity contribution is -0.147. The van der Waals surface area contributed by atoms with Gasteiger partial charge in [0.05, 0.1) is 12.1 Å². The molecular formula is C18H34N4O3. The maximum absolute atomic E-state index is 11.8. The minimum atomic E-state index is -0.773. The van der Waals surface area contributed by atoms with Crippen LogP contribution in [0.15, 0.2) is 4.99 Å². The summed E-state index contributed by atoms with van der Waals surface area (Å²) in [4.78, 5) is 29.4. The van der Waals surface area contributed by atoms with Crippen molar-refractivity contribution < 1.29 is 14.7 Å². The van der Waals surface area contributed by atoms with Crippen LogP contribution in [0.1, 0.15) is 65.7 Å². The summed E-state index contributed by atoms with van der Waals surface area (Å²) in [6, 6.07) is 0. The molecule has 2 amide bonds. The molecule has 1 rings (SSSR count). The zero-order valence-corrected chi connectivity index (χ0v) is 15.9. The average Bonchev–Trinajstić information content (AvgIpc) is 2.56. The van der Waals surface area contributed by atoms with Gasteiger partial charge in [-0.25, -0.2) is 0 Å². The molecule has 0 spiro atoms. The minimum Gasteiger partial charge on any atom is -0.388 e. The van der Waals surface area contributed by atoms with E-state index in [1.807, 2.05) is 6.92 Å². The number of hydrogen-bond donors (Lipinski definition) is 3. The van der Waals surface area contributed by atoms with Crippen LogP contribution < -0.4 is 10.6 Å². The molecule has 1 aliphatic rings. The van der Waals surface area contributed by atoms with Gasteiger partial charge in [-0.05, 0) is 26.2 Å². The number of piperidine rings is 1. The molecule has 0 saturated carbocycles. The van der Waals surface area contributed by atoms with Crippen LogP contribution in [0.3, 0.4) is 0 Å². The third-order valence-corrected chi connectivity index (χ3v) is 4.32. The maximum Gasteiger partial charge on any atom is 0.229 e. The summed E-state index contributed by atoms with van der Waals surface area (Å²) in [5, 5.41) is 17.0. The van der Waals surface area contributed by atoms with Gasteiger partial charge >= 0.3 is 0 Å². The van der Waals surface area contributed by atoms with Crippen molar-refractivity contribution in [2.75, 3.05) is 26.2 Å². The Morgan fingerprint density at radius 2 is 1.72 bits per heavy atom. The Morgan fingerprint density at radius 1 is 1.12 bits per heavy atom. The van der Waals surface area contributed by atoms with Crippen molar-refractivity contribution in [2.45, 2.75) is 71.3 Å². The van der Waals surface area contributed by atoms with Crippen LogP contribution >= 0.6 is 0 Å². The van der Waals surface area contributed by atoms with E-state index in [0.717, 1.165) is 25.7 Å². The number of aliphatic hydroxyl groups is 1. The van der Waals surface area contributed by atoms with E-state index in [-0.39, 0.29) is 11.8 Å². The number of guanidine groups is 1. The highest BCUT2D eigenvalue weighted by molar-refractivity contribution is 5.97. The van der Waals surface area contributed by atoms with Crippen LogP contribution in [-0.4, -0.2) is 59.6 Å². The first kappa shape index (κ1) is 21.4. The van der Waals surface area contributed by atoms with E-state index in [1.54, 1.807) is 0 Å². The first-order valence-electron chi connectivity index (χ1n) is 9.53. The summed E-state index contributed by atoms with van der Waals surface area (Å²) < 4.78 is 0. The molecule has 0 aliphatic carbocycles. The summed E-state index contributed by atoms with van der Waals surface area (Å²) in [7, 11) is 0. The van der Waals surface area contributed by atoms with Crippen molar-refractivity contribution in [1.29, 1.82) is 0 Å². The van der Waals surface area contributed by atoms with E-state index in [2.05, 4.69) is 29.5 Å². The summed E-state index contributed by atoms with van der Waals surface area (Å²) in [6.45, 7) is 7.92. The molecule has 0 bridgehead atoms. The number of carbonyl (C=O) groups is 2. The number of aliphatic imine (C=N–C) groups is 1. The third kappa shape index (κ3) is 7.42. The zero-order valence-electron chi connectivity index (χ0n) is 15.9. The van der Waals surface area contributed by atoms with Crippen LogP contribution in [0.25, 0.3) is 0 Å². The van der Waals surface area contributed by atoms with Gasteiger partial charge in [0.2, 0.25) is 11.8 Å². The summed E-state index contributed by atoms with van der Waals surface area (Å²) >= 11 is 0. The minimum absolute atomic E-state index is 0.0970. The van der Waals surface area contributed by atoms with E-state index in [9.17, 15) is 14.7 Å². The normalized spacial score (nSPS) is 16.3. The fourth-order valence-corrected chi connectivity index (χ4v) is 3.12. The van der Waals surface area contributed by atoms with E-state index in [0.29, 0.717) is 51.4 Å². The number of nitrogens with zero attached hydrogens (tertiary/aromatic N) is 2. The van der Waals surface area contributed by atoms with E-state index in [1.165, 1.54) is 4.90 Å². The van der Waals surface area contributed by atoms with Gasteiger partial charge in [0.25, 0.3) is 0 Å². The maximum atomic E-state index is 11.8. The third-order valence-electron chi connectivity index (χ3n) is 4.32.